The molecule has 1 aliphatic heterocycles. The van der Waals surface area contributed by atoms with Gasteiger partial charge in [0.05, 0.1) is 23.2 Å². The SMILES string of the molecule is Cn1cc(CCN2CC(O)=C(c3nc4ccc(F)cc4[nH]3)C2=N)c2ccccc21. The Morgan fingerprint density at radius 2 is 2.07 bits per heavy atom. The minimum absolute atomic E-state index is 0.104. The van der Waals surface area contributed by atoms with Crippen LogP contribution in [0.15, 0.2) is 54.4 Å². The highest BCUT2D eigenvalue weighted by Gasteiger charge is 2.30. The van der Waals surface area contributed by atoms with Crippen LogP contribution in [0, 0.1) is 11.2 Å². The van der Waals surface area contributed by atoms with Gasteiger partial charge in [-0.05, 0) is 36.2 Å². The molecule has 0 bridgehead atoms. The van der Waals surface area contributed by atoms with Crippen LogP contribution in [0.1, 0.15) is 11.4 Å². The van der Waals surface area contributed by atoms with Gasteiger partial charge in [0.25, 0.3) is 0 Å². The van der Waals surface area contributed by atoms with E-state index in [1.807, 2.05) is 24.1 Å². The first-order chi connectivity index (χ1) is 14.0. The van der Waals surface area contributed by atoms with Gasteiger partial charge in [-0.25, -0.2) is 9.37 Å². The summed E-state index contributed by atoms with van der Waals surface area (Å²) in [6.07, 6.45) is 2.88. The van der Waals surface area contributed by atoms with Gasteiger partial charge in [-0.2, -0.15) is 0 Å². The Morgan fingerprint density at radius 1 is 1.24 bits per heavy atom. The summed E-state index contributed by atoms with van der Waals surface area (Å²) < 4.78 is 15.6. The van der Waals surface area contributed by atoms with Gasteiger partial charge in [-0.3, -0.25) is 5.41 Å². The smallest absolute Gasteiger partial charge is 0.145 e. The quantitative estimate of drug-likeness (QED) is 0.494. The highest BCUT2D eigenvalue weighted by molar-refractivity contribution is 6.23. The minimum atomic E-state index is -0.357. The molecular weight excluding hydrogens is 369 g/mol. The van der Waals surface area contributed by atoms with Gasteiger partial charge in [-0.15, -0.1) is 0 Å². The van der Waals surface area contributed by atoms with Crippen molar-refractivity contribution in [1.29, 1.82) is 5.41 Å². The fourth-order valence-corrected chi connectivity index (χ4v) is 4.05. The van der Waals surface area contributed by atoms with Crippen LogP contribution in [0.4, 0.5) is 4.39 Å². The second-order valence-corrected chi connectivity index (χ2v) is 7.37. The molecule has 2 aromatic carbocycles. The van der Waals surface area contributed by atoms with E-state index in [4.69, 9.17) is 5.41 Å². The summed E-state index contributed by atoms with van der Waals surface area (Å²) in [5.74, 6) is 0.361. The maximum Gasteiger partial charge on any atom is 0.145 e. The Balaban J connectivity index is 1.38. The molecule has 0 fully saturated rings. The van der Waals surface area contributed by atoms with Crippen molar-refractivity contribution in [2.45, 2.75) is 6.42 Å². The molecule has 3 N–H and O–H groups in total. The average molecular weight is 389 g/mol. The molecule has 0 amide bonds. The molecule has 0 atom stereocenters. The predicted molar refractivity (Wildman–Crippen MR) is 112 cm³/mol. The first-order valence-electron chi connectivity index (χ1n) is 9.46. The second kappa shape index (κ2) is 6.48. The van der Waals surface area contributed by atoms with Gasteiger partial charge >= 0.3 is 0 Å². The number of amidine groups is 1. The highest BCUT2D eigenvalue weighted by Crippen LogP contribution is 2.28. The van der Waals surface area contributed by atoms with E-state index in [0.29, 0.717) is 29.0 Å². The van der Waals surface area contributed by atoms with Crippen molar-refractivity contribution >= 4 is 33.3 Å². The first kappa shape index (κ1) is 17.5. The summed E-state index contributed by atoms with van der Waals surface area (Å²) in [7, 11) is 2.03. The molecule has 29 heavy (non-hydrogen) atoms. The average Bonchev–Trinajstić information content (AvgIpc) is 3.34. The lowest BCUT2D eigenvalue weighted by atomic mass is 10.1. The molecule has 3 heterocycles. The number of fused-ring (bicyclic) bond motifs is 2. The number of nitrogens with one attached hydrogen (secondary N) is 2. The van der Waals surface area contributed by atoms with Crippen molar-refractivity contribution < 1.29 is 9.50 Å². The number of aromatic amines is 1. The Labute approximate surface area is 166 Å². The number of aliphatic hydroxyl groups excluding tert-OH is 1. The zero-order chi connectivity index (χ0) is 20.1. The van der Waals surface area contributed by atoms with E-state index in [0.717, 1.165) is 6.42 Å². The van der Waals surface area contributed by atoms with Crippen molar-refractivity contribution in [3.63, 3.8) is 0 Å². The molecule has 0 saturated carbocycles. The summed E-state index contributed by atoms with van der Waals surface area (Å²) in [6, 6.07) is 12.5. The van der Waals surface area contributed by atoms with Crippen molar-refractivity contribution in [2.24, 2.45) is 7.05 Å². The summed E-state index contributed by atoms with van der Waals surface area (Å²) in [5.41, 5.74) is 3.91. The van der Waals surface area contributed by atoms with Crippen molar-refractivity contribution in [1.82, 2.24) is 19.4 Å². The van der Waals surface area contributed by atoms with E-state index in [2.05, 4.69) is 32.9 Å². The van der Waals surface area contributed by atoms with Crippen LogP contribution in [0.5, 0.6) is 0 Å². The number of hydrogen-bond acceptors (Lipinski definition) is 3. The molecule has 146 valence electrons. The van der Waals surface area contributed by atoms with Gasteiger partial charge in [0.15, 0.2) is 0 Å². The second-order valence-electron chi connectivity index (χ2n) is 7.37. The molecule has 1 aliphatic rings. The fraction of sp³-hybridized carbons (Fsp3) is 0.182. The lowest BCUT2D eigenvalue weighted by Crippen LogP contribution is -2.29. The number of hydrogen-bond donors (Lipinski definition) is 3. The molecule has 0 spiro atoms. The molecular formula is C22H20FN5O. The number of rotatable bonds is 4. The van der Waals surface area contributed by atoms with E-state index in [9.17, 15) is 9.50 Å². The molecule has 7 heteroatoms. The van der Waals surface area contributed by atoms with Gasteiger partial charge < -0.3 is 19.6 Å². The van der Waals surface area contributed by atoms with Crippen LogP contribution in [-0.2, 0) is 13.5 Å². The number of aliphatic hydroxyl groups is 1. The minimum Gasteiger partial charge on any atom is -0.510 e. The third-order valence-corrected chi connectivity index (χ3v) is 5.49. The lowest BCUT2D eigenvalue weighted by molar-refractivity contribution is 0.351. The molecule has 5 rings (SSSR count). The van der Waals surface area contributed by atoms with Crippen molar-refractivity contribution in [2.75, 3.05) is 13.1 Å². The van der Waals surface area contributed by atoms with Gasteiger partial charge in [0, 0.05) is 30.7 Å². The number of imidazole rings is 1. The van der Waals surface area contributed by atoms with Crippen molar-refractivity contribution in [3.8, 4) is 0 Å². The van der Waals surface area contributed by atoms with Crippen LogP contribution < -0.4 is 0 Å². The summed E-state index contributed by atoms with van der Waals surface area (Å²) >= 11 is 0. The van der Waals surface area contributed by atoms with Crippen LogP contribution >= 0.6 is 0 Å². The summed E-state index contributed by atoms with van der Waals surface area (Å²) in [4.78, 5) is 9.28. The van der Waals surface area contributed by atoms with E-state index in [1.165, 1.54) is 28.6 Å². The van der Waals surface area contributed by atoms with Crippen LogP contribution in [0.25, 0.3) is 27.5 Å². The number of benzene rings is 2. The highest BCUT2D eigenvalue weighted by atomic mass is 19.1. The Morgan fingerprint density at radius 3 is 2.93 bits per heavy atom. The maximum atomic E-state index is 13.5. The molecule has 0 unspecified atom stereocenters. The van der Waals surface area contributed by atoms with Crippen LogP contribution in [0.2, 0.25) is 0 Å². The van der Waals surface area contributed by atoms with Crippen LogP contribution in [0.3, 0.4) is 0 Å². The largest absolute Gasteiger partial charge is 0.510 e. The molecule has 4 aromatic rings. The van der Waals surface area contributed by atoms with Gasteiger partial charge in [-0.1, -0.05) is 18.2 Å². The molecule has 0 saturated heterocycles. The number of nitrogens with zero attached hydrogens (tertiary/aromatic N) is 3. The summed E-state index contributed by atoms with van der Waals surface area (Å²) in [5, 5.41) is 20.3. The number of aromatic nitrogens is 3. The zero-order valence-corrected chi connectivity index (χ0v) is 15.9. The number of halogens is 1. The van der Waals surface area contributed by atoms with Crippen LogP contribution in [-0.4, -0.2) is 43.5 Å². The van der Waals surface area contributed by atoms with Gasteiger partial charge in [0.2, 0.25) is 0 Å². The number of aryl methyl sites for hydroxylation is 1. The van der Waals surface area contributed by atoms with E-state index < -0.39 is 0 Å². The molecule has 6 nitrogen and oxygen atoms in total. The fourth-order valence-electron chi connectivity index (χ4n) is 4.05. The normalized spacial score (nSPS) is 14.7. The third kappa shape index (κ3) is 2.86. The van der Waals surface area contributed by atoms with Gasteiger partial charge in [0.1, 0.15) is 23.2 Å². The Hall–Kier alpha value is -3.61. The monoisotopic (exact) mass is 389 g/mol. The molecule has 0 aliphatic carbocycles. The Kier molecular flexibility index (Phi) is 3.91. The van der Waals surface area contributed by atoms with E-state index in [-0.39, 0.29) is 24.0 Å². The Bertz CT molecular complexity index is 1300. The predicted octanol–water partition coefficient (Wildman–Crippen LogP) is 4.00. The standard InChI is InChI=1S/C22H20FN5O/c1-27-11-13(15-4-2-3-5-18(15)27)8-9-28-12-19(29)20(21(28)24)22-25-16-7-6-14(23)10-17(16)26-22/h2-7,10-11,24,29H,8-9,12H2,1H3,(H,25,26). The molecule has 2 aromatic heterocycles. The third-order valence-electron chi connectivity index (χ3n) is 5.49. The van der Waals surface area contributed by atoms with E-state index in [1.54, 1.807) is 6.07 Å². The summed E-state index contributed by atoms with van der Waals surface area (Å²) in [6.45, 7) is 0.875. The maximum absolute atomic E-state index is 13.5. The van der Waals surface area contributed by atoms with E-state index >= 15 is 0 Å². The topological polar surface area (TPSA) is 80.9 Å². The number of para-hydroxylation sites is 1. The zero-order valence-electron chi connectivity index (χ0n) is 15.9. The van der Waals surface area contributed by atoms with Crippen molar-refractivity contribution in [3.05, 3.63) is 71.6 Å². The number of H-pyrrole nitrogens is 1. The lowest BCUT2D eigenvalue weighted by Gasteiger charge is -2.18. The molecule has 0 radical (unpaired) electrons. The first-order valence-corrected chi connectivity index (χ1v) is 9.46.